The second-order valence-corrected chi connectivity index (χ2v) is 4.81. The number of hydrogen-bond acceptors (Lipinski definition) is 3. The van der Waals surface area contributed by atoms with Crippen LogP contribution in [0.2, 0.25) is 5.02 Å². The zero-order valence-corrected chi connectivity index (χ0v) is 12.1. The van der Waals surface area contributed by atoms with E-state index < -0.39 is 18.0 Å². The molecule has 2 rings (SSSR count). The zero-order chi connectivity index (χ0) is 14.7. The number of amides is 2. The number of ether oxygens (including phenoxy) is 1. The van der Waals surface area contributed by atoms with Crippen molar-refractivity contribution in [2.45, 2.75) is 6.04 Å². The van der Waals surface area contributed by atoms with E-state index in [4.69, 9.17) is 27.9 Å². The summed E-state index contributed by atoms with van der Waals surface area (Å²) in [6.07, 6.45) is 0. The maximum Gasteiger partial charge on any atom is 0.338 e. The molecule has 1 atom stereocenters. The first-order valence-corrected chi connectivity index (χ1v) is 6.68. The Bertz CT molecular complexity index is 587. The number of nitrogens with one attached hydrogen (secondary N) is 2. The van der Waals surface area contributed by atoms with Crippen molar-refractivity contribution in [1.29, 1.82) is 0 Å². The van der Waals surface area contributed by atoms with Crippen LogP contribution in [0.25, 0.3) is 0 Å². The molecule has 7 heteroatoms. The number of hydrogen-bond donors (Lipinski definition) is 2. The predicted octanol–water partition coefficient (Wildman–Crippen LogP) is 2.36. The molecule has 0 aromatic heterocycles. The van der Waals surface area contributed by atoms with E-state index in [2.05, 4.69) is 10.6 Å². The van der Waals surface area contributed by atoms with Gasteiger partial charge < -0.3 is 15.4 Å². The lowest BCUT2D eigenvalue weighted by molar-refractivity contribution is -0.136. The molecule has 1 aromatic rings. The topological polar surface area (TPSA) is 67.4 Å². The number of benzene rings is 1. The summed E-state index contributed by atoms with van der Waals surface area (Å²) in [5, 5.41) is 5.68. The Morgan fingerprint density at radius 2 is 2.20 bits per heavy atom. The Balaban J connectivity index is 2.53. The third kappa shape index (κ3) is 2.89. The lowest BCUT2D eigenvalue weighted by Gasteiger charge is -2.28. The van der Waals surface area contributed by atoms with Gasteiger partial charge in [0, 0.05) is 10.7 Å². The van der Waals surface area contributed by atoms with Gasteiger partial charge in [-0.1, -0.05) is 23.7 Å². The number of rotatable bonds is 3. The Kier molecular flexibility index (Phi) is 4.52. The first kappa shape index (κ1) is 14.7. The Morgan fingerprint density at radius 3 is 2.80 bits per heavy atom. The predicted molar refractivity (Wildman–Crippen MR) is 75.6 cm³/mol. The minimum absolute atomic E-state index is 0.00504. The van der Waals surface area contributed by atoms with Crippen molar-refractivity contribution in [2.24, 2.45) is 0 Å². The van der Waals surface area contributed by atoms with Gasteiger partial charge in [-0.05, 0) is 17.7 Å². The number of alkyl halides is 1. The summed E-state index contributed by atoms with van der Waals surface area (Å²) < 4.78 is 4.76. The van der Waals surface area contributed by atoms with Crippen molar-refractivity contribution in [1.82, 2.24) is 10.6 Å². The molecule has 1 aliphatic heterocycles. The van der Waals surface area contributed by atoms with Crippen LogP contribution in [-0.2, 0) is 9.53 Å². The van der Waals surface area contributed by atoms with Crippen LogP contribution in [0.4, 0.5) is 4.79 Å². The summed E-state index contributed by atoms with van der Waals surface area (Å²) in [6, 6.07) is 5.80. The van der Waals surface area contributed by atoms with E-state index in [0.29, 0.717) is 16.3 Å². The maximum absolute atomic E-state index is 11.9. The van der Waals surface area contributed by atoms with Crippen molar-refractivity contribution in [3.05, 3.63) is 46.1 Å². The van der Waals surface area contributed by atoms with E-state index in [0.717, 1.165) is 0 Å². The van der Waals surface area contributed by atoms with Gasteiger partial charge in [-0.15, -0.1) is 11.6 Å². The first-order valence-electron chi connectivity index (χ1n) is 5.77. The zero-order valence-electron chi connectivity index (χ0n) is 10.6. The van der Waals surface area contributed by atoms with E-state index in [1.54, 1.807) is 24.3 Å². The minimum atomic E-state index is -0.649. The van der Waals surface area contributed by atoms with Crippen molar-refractivity contribution in [3.63, 3.8) is 0 Å². The molecule has 0 unspecified atom stereocenters. The van der Waals surface area contributed by atoms with Crippen molar-refractivity contribution >= 4 is 35.2 Å². The number of allylic oxidation sites excluding steroid dienone is 1. The number of halogens is 2. The fourth-order valence-corrected chi connectivity index (χ4v) is 2.42. The second kappa shape index (κ2) is 6.15. The summed E-state index contributed by atoms with van der Waals surface area (Å²) in [4.78, 5) is 23.6. The van der Waals surface area contributed by atoms with Crippen LogP contribution in [0.1, 0.15) is 11.6 Å². The molecule has 0 saturated carbocycles. The van der Waals surface area contributed by atoms with Gasteiger partial charge in [0.25, 0.3) is 0 Å². The Hall–Kier alpha value is -1.72. The molecule has 5 nitrogen and oxygen atoms in total. The van der Waals surface area contributed by atoms with E-state index in [1.807, 2.05) is 0 Å². The fraction of sp³-hybridized carbons (Fsp3) is 0.231. The van der Waals surface area contributed by atoms with Crippen LogP contribution >= 0.6 is 23.2 Å². The monoisotopic (exact) mass is 314 g/mol. The highest BCUT2D eigenvalue weighted by Gasteiger charge is 2.33. The Labute approximate surface area is 125 Å². The quantitative estimate of drug-likeness (QED) is 0.665. The van der Waals surface area contributed by atoms with Gasteiger partial charge in [0.1, 0.15) is 0 Å². The van der Waals surface area contributed by atoms with Crippen molar-refractivity contribution in [2.75, 3.05) is 13.0 Å². The minimum Gasteiger partial charge on any atom is -0.466 e. The third-order valence-electron chi connectivity index (χ3n) is 2.87. The second-order valence-electron chi connectivity index (χ2n) is 4.10. The highest BCUT2D eigenvalue weighted by molar-refractivity contribution is 6.30. The molecule has 106 valence electrons. The number of carbonyl (C=O) groups is 2. The summed E-state index contributed by atoms with van der Waals surface area (Å²) >= 11 is 11.7. The van der Waals surface area contributed by atoms with E-state index in [-0.39, 0.29) is 11.5 Å². The van der Waals surface area contributed by atoms with Crippen LogP contribution in [-0.4, -0.2) is 25.0 Å². The Morgan fingerprint density at radius 1 is 1.45 bits per heavy atom. The van der Waals surface area contributed by atoms with Crippen LogP contribution in [0.15, 0.2) is 35.5 Å². The number of urea groups is 1. The number of esters is 1. The molecular formula is C13H12Cl2N2O3. The van der Waals surface area contributed by atoms with Crippen molar-refractivity contribution < 1.29 is 14.3 Å². The lowest BCUT2D eigenvalue weighted by atomic mass is 9.95. The van der Waals surface area contributed by atoms with Crippen LogP contribution in [0.5, 0.6) is 0 Å². The third-order valence-corrected chi connectivity index (χ3v) is 3.38. The van der Waals surface area contributed by atoms with Gasteiger partial charge in [-0.2, -0.15) is 0 Å². The van der Waals surface area contributed by atoms with Gasteiger partial charge in [0.15, 0.2) is 0 Å². The van der Waals surface area contributed by atoms with Gasteiger partial charge in [0.05, 0.1) is 24.6 Å². The molecule has 0 radical (unpaired) electrons. The molecule has 1 aliphatic rings. The molecule has 0 fully saturated rings. The normalized spacial score (nSPS) is 18.4. The molecular weight excluding hydrogens is 303 g/mol. The molecule has 1 aromatic carbocycles. The van der Waals surface area contributed by atoms with Crippen LogP contribution in [0, 0.1) is 0 Å². The number of carbonyl (C=O) groups excluding carboxylic acids is 2. The van der Waals surface area contributed by atoms with Crippen LogP contribution < -0.4 is 10.6 Å². The van der Waals surface area contributed by atoms with Crippen LogP contribution in [0.3, 0.4) is 0 Å². The molecule has 0 bridgehead atoms. The largest absolute Gasteiger partial charge is 0.466 e. The molecule has 0 spiro atoms. The summed E-state index contributed by atoms with van der Waals surface area (Å²) in [5.74, 6) is -0.562. The average molecular weight is 315 g/mol. The summed E-state index contributed by atoms with van der Waals surface area (Å²) in [6.45, 7) is 0. The van der Waals surface area contributed by atoms with E-state index >= 15 is 0 Å². The van der Waals surface area contributed by atoms with E-state index in [1.165, 1.54) is 7.11 Å². The highest BCUT2D eigenvalue weighted by atomic mass is 35.5. The average Bonchev–Trinajstić information content (AvgIpc) is 2.45. The SMILES string of the molecule is COC(=O)C1=C(CCl)NC(=O)N[C@@H]1c1cccc(Cl)c1. The smallest absolute Gasteiger partial charge is 0.338 e. The van der Waals surface area contributed by atoms with Gasteiger partial charge in [-0.25, -0.2) is 9.59 Å². The molecule has 2 N–H and O–H groups in total. The molecule has 20 heavy (non-hydrogen) atoms. The van der Waals surface area contributed by atoms with Crippen molar-refractivity contribution in [3.8, 4) is 0 Å². The first-order chi connectivity index (χ1) is 9.56. The van der Waals surface area contributed by atoms with Gasteiger partial charge >= 0.3 is 12.0 Å². The highest BCUT2D eigenvalue weighted by Crippen LogP contribution is 2.29. The molecule has 0 aliphatic carbocycles. The maximum atomic E-state index is 11.9. The summed E-state index contributed by atoms with van der Waals surface area (Å²) in [7, 11) is 1.27. The molecule has 1 heterocycles. The van der Waals surface area contributed by atoms with Gasteiger partial charge in [0.2, 0.25) is 0 Å². The standard InChI is InChI=1S/C13H12Cl2N2O3/c1-20-12(18)10-9(6-14)16-13(19)17-11(10)7-3-2-4-8(15)5-7/h2-5,11H,6H2,1H3,(H2,16,17,19)/t11-/m1/s1. The van der Waals surface area contributed by atoms with Gasteiger partial charge in [-0.3, -0.25) is 0 Å². The lowest BCUT2D eigenvalue weighted by Crippen LogP contribution is -2.46. The fourth-order valence-electron chi connectivity index (χ4n) is 2.01. The molecule has 0 saturated heterocycles. The molecule has 2 amide bonds. The number of methoxy groups -OCH3 is 1. The van der Waals surface area contributed by atoms with E-state index in [9.17, 15) is 9.59 Å². The summed E-state index contributed by atoms with van der Waals surface area (Å²) in [5.41, 5.74) is 1.27.